The van der Waals surface area contributed by atoms with Gasteiger partial charge in [0, 0.05) is 25.7 Å². The predicted octanol–water partition coefficient (Wildman–Crippen LogP) is 1.12. The Morgan fingerprint density at radius 1 is 1.21 bits per heavy atom. The van der Waals surface area contributed by atoms with E-state index >= 15 is 0 Å². The maximum Gasteiger partial charge on any atom is 0.152 e. The number of sulfone groups is 1. The molecule has 0 aromatic carbocycles. The van der Waals surface area contributed by atoms with E-state index in [9.17, 15) is 8.42 Å². The molecule has 5 heteroatoms. The maximum atomic E-state index is 11.4. The minimum atomic E-state index is -2.77. The molecule has 2 fully saturated rings. The summed E-state index contributed by atoms with van der Waals surface area (Å²) in [4.78, 5) is 2.30. The third-order valence-electron chi connectivity index (χ3n) is 4.95. The van der Waals surface area contributed by atoms with Gasteiger partial charge in [0.1, 0.15) is 0 Å². The number of nitrogens with zero attached hydrogens (tertiary/aromatic N) is 1. The van der Waals surface area contributed by atoms with Crippen molar-refractivity contribution in [2.45, 2.75) is 39.2 Å². The summed E-state index contributed by atoms with van der Waals surface area (Å²) in [5.74, 6) is 2.71. The lowest BCUT2D eigenvalue weighted by Crippen LogP contribution is -2.48. The number of rotatable bonds is 3. The molecule has 0 amide bonds. The Morgan fingerprint density at radius 3 is 2.42 bits per heavy atom. The van der Waals surface area contributed by atoms with Crippen LogP contribution in [0.2, 0.25) is 0 Å². The zero-order valence-electron chi connectivity index (χ0n) is 12.2. The van der Waals surface area contributed by atoms with Crippen molar-refractivity contribution in [2.24, 2.45) is 23.5 Å². The highest BCUT2D eigenvalue weighted by Gasteiger charge is 2.32. The Morgan fingerprint density at radius 2 is 1.84 bits per heavy atom. The zero-order chi connectivity index (χ0) is 14.0. The van der Waals surface area contributed by atoms with Crippen molar-refractivity contribution < 1.29 is 8.42 Å². The molecule has 1 aliphatic heterocycles. The summed E-state index contributed by atoms with van der Waals surface area (Å²) in [6.45, 7) is 6.97. The zero-order valence-corrected chi connectivity index (χ0v) is 13.0. The van der Waals surface area contributed by atoms with Crippen LogP contribution in [0.1, 0.15) is 33.1 Å². The molecule has 1 heterocycles. The van der Waals surface area contributed by atoms with E-state index in [0.29, 0.717) is 36.6 Å². The third kappa shape index (κ3) is 4.17. The SMILES string of the molecule is CC(C)C1CCC(N)C(CN2CCS(=O)(=O)CC2)C1. The summed E-state index contributed by atoms with van der Waals surface area (Å²) < 4.78 is 22.9. The molecular weight excluding hydrogens is 260 g/mol. The van der Waals surface area contributed by atoms with Crippen molar-refractivity contribution in [1.29, 1.82) is 0 Å². The highest BCUT2D eigenvalue weighted by Crippen LogP contribution is 2.33. The van der Waals surface area contributed by atoms with E-state index in [4.69, 9.17) is 5.73 Å². The van der Waals surface area contributed by atoms with Gasteiger partial charge < -0.3 is 10.6 Å². The average molecular weight is 288 g/mol. The summed E-state index contributed by atoms with van der Waals surface area (Å²) in [7, 11) is -2.77. The summed E-state index contributed by atoms with van der Waals surface area (Å²) in [6, 6.07) is 0.300. The van der Waals surface area contributed by atoms with E-state index in [-0.39, 0.29) is 0 Å². The maximum absolute atomic E-state index is 11.4. The molecule has 2 aliphatic rings. The van der Waals surface area contributed by atoms with Gasteiger partial charge in [0.05, 0.1) is 11.5 Å². The van der Waals surface area contributed by atoms with Crippen molar-refractivity contribution >= 4 is 9.84 Å². The largest absolute Gasteiger partial charge is 0.327 e. The molecule has 19 heavy (non-hydrogen) atoms. The van der Waals surface area contributed by atoms with Crippen LogP contribution < -0.4 is 5.73 Å². The monoisotopic (exact) mass is 288 g/mol. The number of hydrogen-bond donors (Lipinski definition) is 1. The van der Waals surface area contributed by atoms with Crippen molar-refractivity contribution in [3.05, 3.63) is 0 Å². The van der Waals surface area contributed by atoms with E-state index in [0.717, 1.165) is 24.8 Å². The second kappa shape index (κ2) is 6.10. The van der Waals surface area contributed by atoms with Gasteiger partial charge in [0.15, 0.2) is 9.84 Å². The molecule has 0 bridgehead atoms. The average Bonchev–Trinajstić information content (AvgIpc) is 2.34. The topological polar surface area (TPSA) is 63.4 Å². The summed E-state index contributed by atoms with van der Waals surface area (Å²) in [5, 5.41) is 0. The van der Waals surface area contributed by atoms with E-state index in [2.05, 4.69) is 18.7 Å². The highest BCUT2D eigenvalue weighted by molar-refractivity contribution is 7.91. The first-order valence-corrected chi connectivity index (χ1v) is 9.38. The van der Waals surface area contributed by atoms with Crippen LogP contribution >= 0.6 is 0 Å². The van der Waals surface area contributed by atoms with Crippen LogP contribution in [0.4, 0.5) is 0 Å². The Kier molecular flexibility index (Phi) is 4.90. The fourth-order valence-electron chi connectivity index (χ4n) is 3.40. The Balaban J connectivity index is 1.87. The molecule has 0 radical (unpaired) electrons. The first kappa shape index (κ1) is 15.3. The lowest BCUT2D eigenvalue weighted by Gasteiger charge is -2.39. The van der Waals surface area contributed by atoms with Gasteiger partial charge in [0.25, 0.3) is 0 Å². The molecule has 2 rings (SSSR count). The van der Waals surface area contributed by atoms with Gasteiger partial charge in [-0.05, 0) is 37.0 Å². The summed E-state index contributed by atoms with van der Waals surface area (Å²) >= 11 is 0. The van der Waals surface area contributed by atoms with Crippen LogP contribution in [0.3, 0.4) is 0 Å². The summed E-state index contributed by atoms with van der Waals surface area (Å²) in [6.07, 6.45) is 3.59. The summed E-state index contributed by atoms with van der Waals surface area (Å²) in [5.41, 5.74) is 6.27. The third-order valence-corrected chi connectivity index (χ3v) is 6.56. The first-order valence-electron chi connectivity index (χ1n) is 7.56. The van der Waals surface area contributed by atoms with Crippen molar-refractivity contribution in [3.63, 3.8) is 0 Å². The molecule has 1 saturated heterocycles. The number of nitrogens with two attached hydrogens (primary N) is 1. The van der Waals surface area contributed by atoms with Gasteiger partial charge in [-0.15, -0.1) is 0 Å². The molecule has 0 aromatic heterocycles. The Bertz CT molecular complexity index is 380. The van der Waals surface area contributed by atoms with Crippen LogP contribution in [-0.2, 0) is 9.84 Å². The minimum Gasteiger partial charge on any atom is -0.327 e. The van der Waals surface area contributed by atoms with Crippen LogP contribution in [0.25, 0.3) is 0 Å². The molecule has 3 atom stereocenters. The van der Waals surface area contributed by atoms with E-state index < -0.39 is 9.84 Å². The molecule has 0 spiro atoms. The van der Waals surface area contributed by atoms with Crippen LogP contribution in [0.15, 0.2) is 0 Å². The fourth-order valence-corrected chi connectivity index (χ4v) is 4.68. The van der Waals surface area contributed by atoms with Gasteiger partial charge in [-0.25, -0.2) is 8.42 Å². The second-order valence-electron chi connectivity index (χ2n) is 6.69. The van der Waals surface area contributed by atoms with E-state index in [1.165, 1.54) is 12.8 Å². The smallest absolute Gasteiger partial charge is 0.152 e. The van der Waals surface area contributed by atoms with Gasteiger partial charge in [-0.1, -0.05) is 13.8 Å². The van der Waals surface area contributed by atoms with E-state index in [1.807, 2.05) is 0 Å². The van der Waals surface area contributed by atoms with Gasteiger partial charge in [-0.2, -0.15) is 0 Å². The van der Waals surface area contributed by atoms with Crippen molar-refractivity contribution in [3.8, 4) is 0 Å². The van der Waals surface area contributed by atoms with E-state index in [1.54, 1.807) is 0 Å². The van der Waals surface area contributed by atoms with Crippen molar-refractivity contribution in [2.75, 3.05) is 31.1 Å². The molecular formula is C14H28N2O2S. The molecule has 3 unspecified atom stereocenters. The van der Waals surface area contributed by atoms with Gasteiger partial charge in [-0.3, -0.25) is 0 Å². The highest BCUT2D eigenvalue weighted by atomic mass is 32.2. The lowest BCUT2D eigenvalue weighted by atomic mass is 9.73. The molecule has 112 valence electrons. The standard InChI is InChI=1S/C14H28N2O2S/c1-11(2)12-3-4-14(15)13(9-12)10-16-5-7-19(17,18)8-6-16/h11-14H,3-10,15H2,1-2H3. The van der Waals surface area contributed by atoms with Gasteiger partial charge >= 0.3 is 0 Å². The predicted molar refractivity (Wildman–Crippen MR) is 78.7 cm³/mol. The molecule has 1 saturated carbocycles. The molecule has 1 aliphatic carbocycles. The van der Waals surface area contributed by atoms with Crippen LogP contribution in [0, 0.1) is 17.8 Å². The Labute approximate surface area is 117 Å². The van der Waals surface area contributed by atoms with Crippen LogP contribution in [-0.4, -0.2) is 50.5 Å². The lowest BCUT2D eigenvalue weighted by molar-refractivity contribution is 0.141. The second-order valence-corrected chi connectivity index (χ2v) is 9.00. The van der Waals surface area contributed by atoms with Gasteiger partial charge in [0.2, 0.25) is 0 Å². The fraction of sp³-hybridized carbons (Fsp3) is 1.00. The molecule has 2 N–H and O–H groups in total. The van der Waals surface area contributed by atoms with Crippen LogP contribution in [0.5, 0.6) is 0 Å². The minimum absolute atomic E-state index is 0.300. The molecule has 0 aromatic rings. The molecule has 4 nitrogen and oxygen atoms in total. The first-order chi connectivity index (χ1) is 8.87. The number of hydrogen-bond acceptors (Lipinski definition) is 4. The quantitative estimate of drug-likeness (QED) is 0.845. The Hall–Kier alpha value is -0.130. The normalized spacial score (nSPS) is 36.5. The van der Waals surface area contributed by atoms with Crippen molar-refractivity contribution in [1.82, 2.24) is 4.90 Å².